The highest BCUT2D eigenvalue weighted by Crippen LogP contribution is 2.25. The van der Waals surface area contributed by atoms with Crippen molar-refractivity contribution in [3.8, 4) is 5.75 Å². The molecule has 3 amide bonds. The maximum Gasteiger partial charge on any atom is 0.254 e. The highest BCUT2D eigenvalue weighted by Gasteiger charge is 2.33. The standard InChI is InChI=1S/C29H31N5O4.ClH/c1-18-14-22(10-11-23(18)29(37)34-13-5-8-24(34)28(32)36)33-26(35)16-21-15-20(27(30)31)9-12-25(21)38-17-19-6-3-2-4-7-19;/h2-4,6-7,9-12,14-15,24H,5,8,13,16-17H2,1H3,(H3,30,31)(H2,32,36)(H,33,35);1H. The van der Waals surface area contributed by atoms with E-state index in [0.717, 1.165) is 12.0 Å². The van der Waals surface area contributed by atoms with E-state index in [9.17, 15) is 14.4 Å². The molecule has 0 saturated carbocycles. The van der Waals surface area contributed by atoms with Crippen molar-refractivity contribution in [2.75, 3.05) is 11.9 Å². The Balaban J connectivity index is 0.00000420. The van der Waals surface area contributed by atoms with Crippen molar-refractivity contribution >= 4 is 41.7 Å². The lowest BCUT2D eigenvalue weighted by molar-refractivity contribution is -0.121. The van der Waals surface area contributed by atoms with Crippen LogP contribution in [0.5, 0.6) is 5.75 Å². The van der Waals surface area contributed by atoms with Crippen LogP contribution in [-0.2, 0) is 22.6 Å². The fourth-order valence-corrected chi connectivity index (χ4v) is 4.58. The molecule has 6 N–H and O–H groups in total. The summed E-state index contributed by atoms with van der Waals surface area (Å²) in [4.78, 5) is 39.2. The second kappa shape index (κ2) is 12.9. The number of carbonyl (C=O) groups excluding carboxylic acids is 3. The van der Waals surface area contributed by atoms with Gasteiger partial charge >= 0.3 is 0 Å². The first kappa shape index (κ1) is 29.2. The average molecular weight is 550 g/mol. The van der Waals surface area contributed by atoms with Crippen molar-refractivity contribution in [1.82, 2.24) is 4.90 Å². The molecule has 9 nitrogen and oxygen atoms in total. The molecule has 39 heavy (non-hydrogen) atoms. The smallest absolute Gasteiger partial charge is 0.254 e. The van der Waals surface area contributed by atoms with E-state index in [1.807, 2.05) is 30.3 Å². The number of primary amides is 1. The van der Waals surface area contributed by atoms with E-state index in [1.165, 1.54) is 4.90 Å². The quantitative estimate of drug-likeness (QED) is 0.237. The zero-order valence-corrected chi connectivity index (χ0v) is 22.4. The molecule has 4 rings (SSSR count). The molecule has 1 fully saturated rings. The average Bonchev–Trinajstić information content (AvgIpc) is 3.39. The van der Waals surface area contributed by atoms with Gasteiger partial charge in [0.1, 0.15) is 24.2 Å². The largest absolute Gasteiger partial charge is 0.489 e. The summed E-state index contributed by atoms with van der Waals surface area (Å²) in [5.74, 6) is -0.613. The van der Waals surface area contributed by atoms with Gasteiger partial charge in [0.15, 0.2) is 0 Å². The van der Waals surface area contributed by atoms with Gasteiger partial charge in [0.2, 0.25) is 11.8 Å². The van der Waals surface area contributed by atoms with Crippen LogP contribution in [0.15, 0.2) is 66.7 Å². The van der Waals surface area contributed by atoms with E-state index >= 15 is 0 Å². The van der Waals surface area contributed by atoms with E-state index < -0.39 is 11.9 Å². The lowest BCUT2D eigenvalue weighted by Gasteiger charge is -2.23. The van der Waals surface area contributed by atoms with Crippen LogP contribution in [0, 0.1) is 12.3 Å². The molecule has 204 valence electrons. The minimum absolute atomic E-state index is 0. The Labute approximate surface area is 233 Å². The van der Waals surface area contributed by atoms with Crippen LogP contribution in [0.4, 0.5) is 5.69 Å². The third kappa shape index (κ3) is 7.14. The first-order chi connectivity index (χ1) is 18.2. The molecule has 3 aromatic carbocycles. The van der Waals surface area contributed by atoms with Crippen LogP contribution in [0.2, 0.25) is 0 Å². The number of benzene rings is 3. The summed E-state index contributed by atoms with van der Waals surface area (Å²) < 4.78 is 5.98. The van der Waals surface area contributed by atoms with Gasteiger partial charge in [-0.05, 0) is 67.3 Å². The van der Waals surface area contributed by atoms with Crippen LogP contribution < -0.4 is 21.5 Å². The summed E-state index contributed by atoms with van der Waals surface area (Å²) >= 11 is 0. The molecule has 1 unspecified atom stereocenters. The van der Waals surface area contributed by atoms with Gasteiger partial charge in [0.25, 0.3) is 5.91 Å². The van der Waals surface area contributed by atoms with Gasteiger partial charge < -0.3 is 26.4 Å². The number of nitrogen functional groups attached to an aromatic ring is 1. The van der Waals surface area contributed by atoms with Crippen LogP contribution in [0.25, 0.3) is 0 Å². The molecule has 1 aliphatic rings. The lowest BCUT2D eigenvalue weighted by Crippen LogP contribution is -2.43. The van der Waals surface area contributed by atoms with Gasteiger partial charge in [-0.25, -0.2) is 0 Å². The van der Waals surface area contributed by atoms with E-state index in [0.29, 0.717) is 53.3 Å². The summed E-state index contributed by atoms with van der Waals surface area (Å²) in [7, 11) is 0. The van der Waals surface area contributed by atoms with Crippen molar-refractivity contribution in [2.24, 2.45) is 11.5 Å². The molecule has 0 radical (unpaired) electrons. The minimum atomic E-state index is -0.592. The summed E-state index contributed by atoms with van der Waals surface area (Å²) in [5, 5.41) is 10.6. The molecular weight excluding hydrogens is 518 g/mol. The predicted molar refractivity (Wildman–Crippen MR) is 152 cm³/mol. The van der Waals surface area contributed by atoms with E-state index in [-0.39, 0.29) is 36.5 Å². The van der Waals surface area contributed by atoms with Gasteiger partial charge in [-0.2, -0.15) is 0 Å². The molecule has 0 aromatic heterocycles. The number of nitrogens with zero attached hydrogens (tertiary/aromatic N) is 1. The van der Waals surface area contributed by atoms with Crippen LogP contribution in [-0.4, -0.2) is 41.0 Å². The van der Waals surface area contributed by atoms with Crippen LogP contribution in [0.1, 0.15) is 45.5 Å². The maximum atomic E-state index is 13.0. The minimum Gasteiger partial charge on any atom is -0.489 e. The molecule has 0 spiro atoms. The van der Waals surface area contributed by atoms with E-state index in [2.05, 4.69) is 5.32 Å². The molecule has 1 heterocycles. The second-order valence-corrected chi connectivity index (χ2v) is 9.32. The number of anilines is 1. The number of nitrogens with one attached hydrogen (secondary N) is 2. The Kier molecular flexibility index (Phi) is 9.68. The first-order valence-corrected chi connectivity index (χ1v) is 12.4. The molecule has 3 aromatic rings. The third-order valence-corrected chi connectivity index (χ3v) is 6.54. The van der Waals surface area contributed by atoms with Gasteiger partial charge in [-0.3, -0.25) is 19.8 Å². The fraction of sp³-hybridized carbons (Fsp3) is 0.241. The molecule has 1 atom stereocenters. The molecule has 1 saturated heterocycles. The number of carbonyl (C=O) groups is 3. The number of halogens is 1. The van der Waals surface area contributed by atoms with Crippen molar-refractivity contribution < 1.29 is 19.1 Å². The predicted octanol–water partition coefficient (Wildman–Crippen LogP) is 3.55. The number of hydrogen-bond acceptors (Lipinski definition) is 5. The molecule has 0 bridgehead atoms. The van der Waals surface area contributed by atoms with Gasteiger partial charge in [0.05, 0.1) is 6.42 Å². The lowest BCUT2D eigenvalue weighted by atomic mass is 10.0. The molecule has 0 aliphatic carbocycles. The summed E-state index contributed by atoms with van der Waals surface area (Å²) in [6, 6.07) is 19.2. The summed E-state index contributed by atoms with van der Waals surface area (Å²) in [6.07, 6.45) is 1.30. The highest BCUT2D eigenvalue weighted by atomic mass is 35.5. The third-order valence-electron chi connectivity index (χ3n) is 6.54. The van der Waals surface area contributed by atoms with Crippen molar-refractivity contribution in [2.45, 2.75) is 38.8 Å². The number of nitrogens with two attached hydrogens (primary N) is 2. The normalized spacial score (nSPS) is 14.3. The second-order valence-electron chi connectivity index (χ2n) is 9.32. The first-order valence-electron chi connectivity index (χ1n) is 12.4. The SMILES string of the molecule is Cc1cc(NC(=O)Cc2cc(C(=N)N)ccc2OCc2ccccc2)ccc1C(=O)N1CCCC1C(N)=O.Cl. The Morgan fingerprint density at radius 1 is 1.05 bits per heavy atom. The number of aryl methyl sites for hydroxylation is 1. The van der Waals surface area contributed by atoms with Crippen molar-refractivity contribution in [3.05, 3.63) is 94.5 Å². The molecule has 10 heteroatoms. The van der Waals surface area contributed by atoms with Gasteiger partial charge in [0, 0.05) is 28.9 Å². The van der Waals surface area contributed by atoms with E-state index in [1.54, 1.807) is 43.3 Å². The number of amides is 3. The monoisotopic (exact) mass is 549 g/mol. The Hall–Kier alpha value is -4.37. The van der Waals surface area contributed by atoms with Gasteiger partial charge in [-0.1, -0.05) is 30.3 Å². The summed E-state index contributed by atoms with van der Waals surface area (Å²) in [5.41, 5.74) is 14.9. The Bertz CT molecular complexity index is 1380. The van der Waals surface area contributed by atoms with E-state index in [4.69, 9.17) is 21.6 Å². The number of likely N-dealkylation sites (tertiary alicyclic amines) is 1. The fourth-order valence-electron chi connectivity index (χ4n) is 4.58. The number of ether oxygens (including phenoxy) is 1. The highest BCUT2D eigenvalue weighted by molar-refractivity contribution is 6.00. The van der Waals surface area contributed by atoms with Gasteiger partial charge in [-0.15, -0.1) is 12.4 Å². The van der Waals surface area contributed by atoms with Crippen molar-refractivity contribution in [1.29, 1.82) is 5.41 Å². The number of amidine groups is 1. The van der Waals surface area contributed by atoms with Crippen LogP contribution >= 0.6 is 12.4 Å². The maximum absolute atomic E-state index is 13.0. The Morgan fingerprint density at radius 3 is 2.46 bits per heavy atom. The molecule has 1 aliphatic heterocycles. The Morgan fingerprint density at radius 2 is 1.79 bits per heavy atom. The van der Waals surface area contributed by atoms with Crippen molar-refractivity contribution in [3.63, 3.8) is 0 Å². The summed E-state index contributed by atoms with van der Waals surface area (Å²) in [6.45, 7) is 2.60. The van der Waals surface area contributed by atoms with Crippen LogP contribution in [0.3, 0.4) is 0 Å². The zero-order chi connectivity index (χ0) is 27.2. The zero-order valence-electron chi connectivity index (χ0n) is 21.6. The number of hydrogen-bond donors (Lipinski definition) is 4. The topological polar surface area (TPSA) is 152 Å². The number of rotatable bonds is 9. The molecular formula is C29H32ClN5O4.